The Bertz CT molecular complexity index is 1950. The summed E-state index contributed by atoms with van der Waals surface area (Å²) in [5.41, 5.74) is 4.73. The van der Waals surface area contributed by atoms with Crippen LogP contribution in [0.5, 0.6) is 5.75 Å². The lowest BCUT2D eigenvalue weighted by Crippen LogP contribution is -2.23. The van der Waals surface area contributed by atoms with Crippen LogP contribution in [0.25, 0.3) is 39.4 Å². The van der Waals surface area contributed by atoms with E-state index in [9.17, 15) is 4.79 Å². The molecule has 0 radical (unpaired) electrons. The van der Waals surface area contributed by atoms with Crippen LogP contribution in [0.3, 0.4) is 0 Å². The van der Waals surface area contributed by atoms with Gasteiger partial charge in [-0.1, -0.05) is 52.7 Å². The van der Waals surface area contributed by atoms with Gasteiger partial charge in [-0.25, -0.2) is 4.68 Å². The summed E-state index contributed by atoms with van der Waals surface area (Å²) in [5.74, 6) is 1.20. The Labute approximate surface area is 237 Å². The van der Waals surface area contributed by atoms with Crippen LogP contribution in [0.1, 0.15) is 18.1 Å². The zero-order valence-electron chi connectivity index (χ0n) is 20.9. The molecule has 7 nitrogen and oxygen atoms in total. The lowest BCUT2D eigenvalue weighted by Gasteiger charge is -2.08. The third kappa shape index (κ3) is 4.83. The molecular formula is C29H21Cl2N5O2S. The second kappa shape index (κ2) is 10.3. The van der Waals surface area contributed by atoms with E-state index in [1.165, 1.54) is 15.9 Å². The minimum absolute atomic E-state index is 0.264. The highest BCUT2D eigenvalue weighted by Crippen LogP contribution is 2.30. The van der Waals surface area contributed by atoms with E-state index in [1.807, 2.05) is 79.3 Å². The average Bonchev–Trinajstić information content (AvgIpc) is 3.61. The van der Waals surface area contributed by atoms with Gasteiger partial charge < -0.3 is 4.74 Å². The van der Waals surface area contributed by atoms with Crippen molar-refractivity contribution in [3.05, 3.63) is 109 Å². The van der Waals surface area contributed by atoms with Crippen LogP contribution in [-0.4, -0.2) is 31.0 Å². The summed E-state index contributed by atoms with van der Waals surface area (Å²) >= 11 is 13.6. The van der Waals surface area contributed by atoms with Gasteiger partial charge in [-0.3, -0.25) is 4.79 Å². The third-order valence-electron chi connectivity index (χ3n) is 6.15. The molecule has 0 amide bonds. The van der Waals surface area contributed by atoms with Crippen LogP contribution in [0.15, 0.2) is 77.7 Å². The van der Waals surface area contributed by atoms with Crippen molar-refractivity contribution in [2.24, 2.45) is 0 Å². The lowest BCUT2D eigenvalue weighted by molar-refractivity contribution is 0.338. The van der Waals surface area contributed by atoms with E-state index in [0.29, 0.717) is 37.5 Å². The number of hydrogen-bond donors (Lipinski definition) is 0. The van der Waals surface area contributed by atoms with Crippen molar-refractivity contribution in [3.8, 4) is 34.1 Å². The molecular weight excluding hydrogens is 553 g/mol. The van der Waals surface area contributed by atoms with Crippen LogP contribution in [-0.2, 0) is 0 Å². The minimum Gasteiger partial charge on any atom is -0.494 e. The maximum atomic E-state index is 13.4. The number of halogens is 2. The van der Waals surface area contributed by atoms with Crippen molar-refractivity contribution in [2.75, 3.05) is 6.61 Å². The molecule has 0 fully saturated rings. The molecule has 0 aliphatic carbocycles. The normalized spacial score (nSPS) is 11.9. The molecule has 0 saturated heterocycles. The largest absolute Gasteiger partial charge is 0.494 e. The van der Waals surface area contributed by atoms with E-state index < -0.39 is 0 Å². The van der Waals surface area contributed by atoms with E-state index in [1.54, 1.807) is 18.2 Å². The summed E-state index contributed by atoms with van der Waals surface area (Å²) in [7, 11) is 0. The van der Waals surface area contributed by atoms with Crippen LogP contribution in [0.4, 0.5) is 0 Å². The fraction of sp³-hybridized carbons (Fsp3) is 0.103. The number of benzene rings is 3. The van der Waals surface area contributed by atoms with Gasteiger partial charge in [0.1, 0.15) is 11.4 Å². The van der Waals surface area contributed by atoms with Gasteiger partial charge in [-0.15, -0.1) is 5.10 Å². The van der Waals surface area contributed by atoms with Crippen molar-refractivity contribution in [2.45, 2.75) is 13.8 Å². The van der Waals surface area contributed by atoms with Crippen LogP contribution in [0.2, 0.25) is 10.0 Å². The van der Waals surface area contributed by atoms with E-state index in [4.69, 9.17) is 33.0 Å². The highest BCUT2D eigenvalue weighted by molar-refractivity contribution is 7.15. The maximum absolute atomic E-state index is 13.4. The second-order valence-electron chi connectivity index (χ2n) is 8.80. The van der Waals surface area contributed by atoms with E-state index in [2.05, 4.69) is 10.1 Å². The predicted octanol–water partition coefficient (Wildman–Crippen LogP) is 6.23. The first kappa shape index (κ1) is 25.3. The van der Waals surface area contributed by atoms with Gasteiger partial charge in [0.2, 0.25) is 4.96 Å². The van der Waals surface area contributed by atoms with Crippen molar-refractivity contribution in [1.29, 1.82) is 0 Å². The Morgan fingerprint density at radius 2 is 1.85 bits per heavy atom. The number of ether oxygens (including phenoxy) is 1. The predicted molar refractivity (Wildman–Crippen MR) is 156 cm³/mol. The standard InChI is InChI=1S/C29H21Cl2N5O2S/c1-3-38-24-12-9-18(13-17(24)2)26-19(16-35(33-26)21-7-5-4-6-8-21)14-25-28(37)36-29(39-25)32-27(34-36)22-11-10-20(30)15-23(22)31/h4-16H,3H2,1-2H3/b25-14+. The average molecular weight is 574 g/mol. The van der Waals surface area contributed by atoms with Crippen molar-refractivity contribution in [3.63, 3.8) is 0 Å². The zero-order valence-corrected chi connectivity index (χ0v) is 23.3. The number of para-hydroxylation sites is 1. The van der Waals surface area contributed by atoms with Crippen molar-refractivity contribution >= 4 is 45.6 Å². The summed E-state index contributed by atoms with van der Waals surface area (Å²) in [6, 6.07) is 20.9. The number of hydrogen-bond acceptors (Lipinski definition) is 6. The van der Waals surface area contributed by atoms with Gasteiger partial charge in [0.25, 0.3) is 5.56 Å². The Balaban J connectivity index is 1.47. The summed E-state index contributed by atoms with van der Waals surface area (Å²) in [6.07, 6.45) is 3.76. The first-order chi connectivity index (χ1) is 18.9. The molecule has 3 aromatic heterocycles. The number of aryl methyl sites for hydroxylation is 1. The zero-order chi connectivity index (χ0) is 27.1. The molecule has 0 unspecified atom stereocenters. The van der Waals surface area contributed by atoms with E-state index in [-0.39, 0.29) is 5.56 Å². The monoisotopic (exact) mass is 573 g/mol. The van der Waals surface area contributed by atoms with Crippen LogP contribution in [0, 0.1) is 6.92 Å². The Kier molecular flexibility index (Phi) is 6.68. The van der Waals surface area contributed by atoms with Gasteiger partial charge in [0.05, 0.1) is 21.8 Å². The third-order valence-corrected chi connectivity index (χ3v) is 7.66. The number of aromatic nitrogens is 5. The Hall–Kier alpha value is -3.98. The van der Waals surface area contributed by atoms with Crippen molar-refractivity contribution < 1.29 is 4.74 Å². The molecule has 0 atom stereocenters. The Morgan fingerprint density at radius 3 is 2.56 bits per heavy atom. The quantitative estimate of drug-likeness (QED) is 0.236. The molecule has 0 aliphatic rings. The van der Waals surface area contributed by atoms with Gasteiger partial charge in [-0.05, 0) is 74.0 Å². The Morgan fingerprint density at radius 1 is 1.03 bits per heavy atom. The molecule has 6 rings (SSSR count). The van der Waals surface area contributed by atoms with Crippen molar-refractivity contribution in [1.82, 2.24) is 24.4 Å². The van der Waals surface area contributed by atoms with Crippen LogP contribution < -0.4 is 14.8 Å². The summed E-state index contributed by atoms with van der Waals surface area (Å²) in [6.45, 7) is 4.56. The molecule has 39 heavy (non-hydrogen) atoms. The highest BCUT2D eigenvalue weighted by atomic mass is 35.5. The molecule has 0 saturated carbocycles. The second-order valence-corrected chi connectivity index (χ2v) is 10.6. The molecule has 0 N–H and O–H groups in total. The van der Waals surface area contributed by atoms with E-state index >= 15 is 0 Å². The molecule has 0 bridgehead atoms. The fourth-order valence-electron chi connectivity index (χ4n) is 4.30. The molecule has 3 aromatic carbocycles. The molecule has 194 valence electrons. The maximum Gasteiger partial charge on any atom is 0.291 e. The molecule has 0 spiro atoms. The number of rotatable bonds is 6. The fourth-order valence-corrected chi connectivity index (χ4v) is 5.70. The minimum atomic E-state index is -0.264. The summed E-state index contributed by atoms with van der Waals surface area (Å²) < 4.78 is 9.33. The van der Waals surface area contributed by atoms with Gasteiger partial charge >= 0.3 is 0 Å². The van der Waals surface area contributed by atoms with E-state index in [0.717, 1.165) is 33.8 Å². The van der Waals surface area contributed by atoms with Crippen LogP contribution >= 0.6 is 34.5 Å². The first-order valence-corrected chi connectivity index (χ1v) is 13.7. The topological polar surface area (TPSA) is 74.3 Å². The highest BCUT2D eigenvalue weighted by Gasteiger charge is 2.17. The SMILES string of the molecule is CCOc1ccc(-c2nn(-c3ccccc3)cc2/C=c2/sc3nc(-c4ccc(Cl)cc4Cl)nn3c2=O)cc1C. The van der Waals surface area contributed by atoms with Gasteiger partial charge in [0, 0.05) is 27.9 Å². The summed E-state index contributed by atoms with van der Waals surface area (Å²) in [4.78, 5) is 18.4. The molecule has 10 heteroatoms. The first-order valence-electron chi connectivity index (χ1n) is 12.2. The number of fused-ring (bicyclic) bond motifs is 1. The lowest BCUT2D eigenvalue weighted by atomic mass is 10.0. The summed E-state index contributed by atoms with van der Waals surface area (Å²) in [5, 5.41) is 10.3. The van der Waals surface area contributed by atoms with Gasteiger partial charge in [0.15, 0.2) is 5.82 Å². The molecule has 6 aromatic rings. The molecule has 0 aliphatic heterocycles. The van der Waals surface area contributed by atoms with Gasteiger partial charge in [-0.2, -0.15) is 14.6 Å². The smallest absolute Gasteiger partial charge is 0.291 e. The number of thiazole rings is 1. The molecule has 3 heterocycles. The number of nitrogens with zero attached hydrogens (tertiary/aromatic N) is 5.